The molecule has 0 spiro atoms. The first-order chi connectivity index (χ1) is 15.6. The van der Waals surface area contributed by atoms with Crippen LogP contribution >= 0.6 is 22.9 Å². The van der Waals surface area contributed by atoms with E-state index in [4.69, 9.17) is 16.3 Å². The second-order valence-electron chi connectivity index (χ2n) is 7.91. The molecule has 0 bridgehead atoms. The first-order valence-corrected chi connectivity index (χ1v) is 11.8. The van der Waals surface area contributed by atoms with Gasteiger partial charge in [0.05, 0.1) is 29.6 Å². The van der Waals surface area contributed by atoms with Gasteiger partial charge < -0.3 is 10.1 Å². The van der Waals surface area contributed by atoms with Crippen molar-refractivity contribution in [3.8, 4) is 11.1 Å². The summed E-state index contributed by atoms with van der Waals surface area (Å²) in [5.41, 5.74) is 6.30. The quantitative estimate of drug-likeness (QED) is 0.443. The Balaban J connectivity index is 1.51. The van der Waals surface area contributed by atoms with Gasteiger partial charge in [-0.3, -0.25) is 9.78 Å². The zero-order valence-electron chi connectivity index (χ0n) is 17.7. The van der Waals surface area contributed by atoms with E-state index < -0.39 is 0 Å². The Morgan fingerprint density at radius 2 is 2.16 bits per heavy atom. The number of nitrogens with zero attached hydrogens (tertiary/aromatic N) is 3. The van der Waals surface area contributed by atoms with Crippen molar-refractivity contribution < 1.29 is 4.74 Å². The summed E-state index contributed by atoms with van der Waals surface area (Å²) >= 11 is 8.11. The fraction of sp³-hybridized carbons (Fsp3) is 0.292. The molecule has 1 aliphatic heterocycles. The Morgan fingerprint density at radius 3 is 3.00 bits per heavy atom. The van der Waals surface area contributed by atoms with E-state index in [1.807, 2.05) is 24.4 Å². The second-order valence-corrected chi connectivity index (χ2v) is 9.48. The lowest BCUT2D eigenvalue weighted by Gasteiger charge is -2.22. The van der Waals surface area contributed by atoms with Crippen molar-refractivity contribution in [1.82, 2.24) is 14.8 Å². The number of aryl methyl sites for hydroxylation is 1. The molecule has 0 fully saturated rings. The van der Waals surface area contributed by atoms with Gasteiger partial charge in [-0.2, -0.15) is 5.10 Å². The molecule has 0 atom stereocenters. The van der Waals surface area contributed by atoms with Crippen LogP contribution in [0.4, 0.5) is 5.69 Å². The number of anilines is 1. The summed E-state index contributed by atoms with van der Waals surface area (Å²) in [6, 6.07) is 9.80. The number of nitrogens with one attached hydrogen (secondary N) is 1. The van der Waals surface area contributed by atoms with Gasteiger partial charge in [0.2, 0.25) is 0 Å². The maximum absolute atomic E-state index is 12.5. The van der Waals surface area contributed by atoms with E-state index in [1.165, 1.54) is 10.2 Å². The maximum Gasteiger partial charge on any atom is 0.267 e. The van der Waals surface area contributed by atoms with Crippen LogP contribution in [0.25, 0.3) is 21.3 Å². The maximum atomic E-state index is 12.5. The van der Waals surface area contributed by atoms with Crippen molar-refractivity contribution in [2.24, 2.45) is 0 Å². The molecular formula is C24H23ClN4O2S. The van der Waals surface area contributed by atoms with Crippen LogP contribution in [-0.2, 0) is 24.1 Å². The highest BCUT2D eigenvalue weighted by atomic mass is 35.5. The van der Waals surface area contributed by atoms with Crippen molar-refractivity contribution in [2.45, 2.75) is 25.8 Å². The first-order valence-electron chi connectivity index (χ1n) is 10.6. The molecule has 0 amide bonds. The van der Waals surface area contributed by atoms with Crippen molar-refractivity contribution in [3.63, 3.8) is 0 Å². The lowest BCUT2D eigenvalue weighted by Crippen LogP contribution is -2.23. The number of ether oxygens (including phenoxy) is 1. The average molecular weight is 467 g/mol. The van der Waals surface area contributed by atoms with Gasteiger partial charge >= 0.3 is 0 Å². The number of methoxy groups -OCH3 is 1. The molecular weight excluding hydrogens is 444 g/mol. The minimum Gasteiger partial charge on any atom is -0.384 e. The molecule has 5 rings (SSSR count). The van der Waals surface area contributed by atoms with Crippen LogP contribution < -0.4 is 10.9 Å². The molecule has 1 aliphatic rings. The predicted molar refractivity (Wildman–Crippen MR) is 130 cm³/mol. The standard InChI is InChI=1S/C24H23ClN4O2S/c1-31-8-5-15-9-22(30)29(28-13-15)14-18-12-21-24(32-18)19(4-7-26-21)20-11-17(25)10-16-3-2-6-27-23(16)20/h4,7,9-13,27H,2-3,5-6,8,14H2,1H3. The second kappa shape index (κ2) is 9.02. The molecule has 0 radical (unpaired) electrons. The van der Waals surface area contributed by atoms with Crippen molar-refractivity contribution in [1.29, 1.82) is 0 Å². The van der Waals surface area contributed by atoms with E-state index in [-0.39, 0.29) is 5.56 Å². The van der Waals surface area contributed by atoms with Crippen LogP contribution in [0.5, 0.6) is 0 Å². The minimum atomic E-state index is -0.114. The third kappa shape index (κ3) is 4.16. The molecule has 3 aromatic heterocycles. The number of benzene rings is 1. The molecule has 1 N–H and O–H groups in total. The molecule has 6 nitrogen and oxygen atoms in total. The molecule has 0 saturated carbocycles. The smallest absolute Gasteiger partial charge is 0.267 e. The number of rotatable bonds is 6. The van der Waals surface area contributed by atoms with E-state index in [0.717, 1.165) is 61.9 Å². The highest BCUT2D eigenvalue weighted by molar-refractivity contribution is 7.19. The Labute approximate surface area is 194 Å². The van der Waals surface area contributed by atoms with E-state index in [0.29, 0.717) is 19.6 Å². The van der Waals surface area contributed by atoms with Crippen LogP contribution in [0.3, 0.4) is 0 Å². The number of aromatic nitrogens is 3. The molecule has 4 heterocycles. The first kappa shape index (κ1) is 21.1. The van der Waals surface area contributed by atoms with Gasteiger partial charge in [0.15, 0.2) is 0 Å². The van der Waals surface area contributed by atoms with Gasteiger partial charge in [0, 0.05) is 52.6 Å². The molecule has 0 unspecified atom stereocenters. The Hall–Kier alpha value is -2.74. The third-order valence-electron chi connectivity index (χ3n) is 5.69. The lowest BCUT2D eigenvalue weighted by molar-refractivity contribution is 0.202. The van der Waals surface area contributed by atoms with Gasteiger partial charge in [-0.15, -0.1) is 11.3 Å². The summed E-state index contributed by atoms with van der Waals surface area (Å²) in [5, 5.41) is 8.65. The SMILES string of the molecule is COCCc1cnn(Cc2cc3nccc(-c4cc(Cl)cc5c4NCCC5)c3s2)c(=O)c1. The van der Waals surface area contributed by atoms with Crippen molar-refractivity contribution >= 4 is 38.8 Å². The van der Waals surface area contributed by atoms with Crippen LogP contribution in [0.2, 0.25) is 5.02 Å². The average Bonchev–Trinajstić information content (AvgIpc) is 3.21. The van der Waals surface area contributed by atoms with Crippen LogP contribution in [0, 0.1) is 0 Å². The highest BCUT2D eigenvalue weighted by Gasteiger charge is 2.18. The summed E-state index contributed by atoms with van der Waals surface area (Å²) in [5.74, 6) is 0. The van der Waals surface area contributed by atoms with Crippen molar-refractivity contribution in [3.05, 3.63) is 74.1 Å². The van der Waals surface area contributed by atoms with E-state index in [2.05, 4.69) is 21.5 Å². The number of hydrogen-bond donors (Lipinski definition) is 1. The zero-order chi connectivity index (χ0) is 22.1. The molecule has 8 heteroatoms. The largest absolute Gasteiger partial charge is 0.384 e. The van der Waals surface area contributed by atoms with Crippen LogP contribution in [-0.4, -0.2) is 35.0 Å². The van der Waals surface area contributed by atoms with E-state index >= 15 is 0 Å². The lowest BCUT2D eigenvalue weighted by atomic mass is 9.95. The van der Waals surface area contributed by atoms with Gasteiger partial charge in [-0.05, 0) is 54.7 Å². The number of halogens is 1. The molecule has 32 heavy (non-hydrogen) atoms. The molecule has 4 aromatic rings. The van der Waals surface area contributed by atoms with Gasteiger partial charge in [0.25, 0.3) is 5.56 Å². The van der Waals surface area contributed by atoms with Crippen molar-refractivity contribution in [2.75, 3.05) is 25.6 Å². The summed E-state index contributed by atoms with van der Waals surface area (Å²) < 4.78 is 7.66. The molecule has 0 aliphatic carbocycles. The normalized spacial score (nSPS) is 13.2. The Kier molecular flexibility index (Phi) is 5.95. The topological polar surface area (TPSA) is 69.0 Å². The number of fused-ring (bicyclic) bond motifs is 2. The van der Waals surface area contributed by atoms with Gasteiger partial charge in [0.1, 0.15) is 0 Å². The summed E-state index contributed by atoms with van der Waals surface area (Å²) in [4.78, 5) is 18.1. The highest BCUT2D eigenvalue weighted by Crippen LogP contribution is 2.41. The minimum absolute atomic E-state index is 0.114. The Bertz CT molecular complexity index is 1350. The zero-order valence-corrected chi connectivity index (χ0v) is 19.3. The monoisotopic (exact) mass is 466 g/mol. The van der Waals surface area contributed by atoms with E-state index in [9.17, 15) is 4.79 Å². The summed E-state index contributed by atoms with van der Waals surface area (Å²) in [7, 11) is 1.65. The summed E-state index contributed by atoms with van der Waals surface area (Å²) in [6.07, 6.45) is 6.37. The van der Waals surface area contributed by atoms with Crippen LogP contribution in [0.15, 0.2) is 47.5 Å². The number of pyridine rings is 1. The van der Waals surface area contributed by atoms with Gasteiger partial charge in [-0.1, -0.05) is 11.6 Å². The fourth-order valence-electron chi connectivity index (χ4n) is 4.15. The molecule has 164 valence electrons. The van der Waals surface area contributed by atoms with Crippen LogP contribution in [0.1, 0.15) is 22.4 Å². The van der Waals surface area contributed by atoms with E-state index in [1.54, 1.807) is 30.7 Å². The Morgan fingerprint density at radius 1 is 1.25 bits per heavy atom. The van der Waals surface area contributed by atoms with Gasteiger partial charge in [-0.25, -0.2) is 4.68 Å². The number of hydrogen-bond acceptors (Lipinski definition) is 6. The fourth-order valence-corrected chi connectivity index (χ4v) is 5.51. The molecule has 0 saturated heterocycles. The third-order valence-corrected chi connectivity index (χ3v) is 7.05. The summed E-state index contributed by atoms with van der Waals surface area (Å²) in [6.45, 7) is 1.94. The molecule has 1 aromatic carbocycles. The number of thiophene rings is 1. The predicted octanol–water partition coefficient (Wildman–Crippen LogP) is 4.77.